The van der Waals surface area contributed by atoms with Crippen LogP contribution in [-0.2, 0) is 25.7 Å². The number of aryl methyl sites for hydroxylation is 5. The molecule has 0 unspecified atom stereocenters. The van der Waals surface area contributed by atoms with E-state index in [1.807, 2.05) is 18.4 Å². The quantitative estimate of drug-likeness (QED) is 0.251. The minimum absolute atomic E-state index is 0. The van der Waals surface area contributed by atoms with Gasteiger partial charge in [0.1, 0.15) is 0 Å². The second-order valence-corrected chi connectivity index (χ2v) is 9.17. The Hall–Kier alpha value is -0.740. The maximum atomic E-state index is 4.82. The Kier molecular flexibility index (Phi) is 9.44. The van der Waals surface area contributed by atoms with E-state index in [2.05, 4.69) is 34.5 Å². The molecule has 27 heavy (non-hydrogen) atoms. The number of aliphatic imine (C=N–C) groups is 1. The molecular formula is C19H30IN5S2. The summed E-state index contributed by atoms with van der Waals surface area (Å²) < 4.78 is 0. The molecule has 3 rings (SSSR count). The third-order valence-corrected chi connectivity index (χ3v) is 7.03. The summed E-state index contributed by atoms with van der Waals surface area (Å²) in [6.07, 6.45) is 8.12. The van der Waals surface area contributed by atoms with Crippen LogP contribution in [0.2, 0.25) is 0 Å². The molecule has 2 aromatic heterocycles. The fourth-order valence-electron chi connectivity index (χ4n) is 3.11. The van der Waals surface area contributed by atoms with Crippen LogP contribution in [0.4, 0.5) is 0 Å². The SMILES string of the molecule is CN=C(NCCCc1nc2c(s1)CCCC2)NCCc1nc(C)c(C)s1.I. The van der Waals surface area contributed by atoms with Crippen LogP contribution in [0.15, 0.2) is 4.99 Å². The molecule has 2 aromatic rings. The van der Waals surface area contributed by atoms with Gasteiger partial charge in [-0.25, -0.2) is 9.97 Å². The molecule has 0 spiro atoms. The number of nitrogens with one attached hydrogen (secondary N) is 2. The van der Waals surface area contributed by atoms with Crippen LogP contribution in [-0.4, -0.2) is 36.1 Å². The van der Waals surface area contributed by atoms with Crippen LogP contribution >= 0.6 is 46.7 Å². The van der Waals surface area contributed by atoms with Crippen LogP contribution in [0.5, 0.6) is 0 Å². The van der Waals surface area contributed by atoms with E-state index >= 15 is 0 Å². The summed E-state index contributed by atoms with van der Waals surface area (Å²) >= 11 is 3.71. The maximum absolute atomic E-state index is 4.82. The van der Waals surface area contributed by atoms with E-state index in [1.165, 1.54) is 51.1 Å². The molecule has 0 saturated heterocycles. The monoisotopic (exact) mass is 519 g/mol. The van der Waals surface area contributed by atoms with Crippen molar-refractivity contribution in [1.29, 1.82) is 0 Å². The molecule has 150 valence electrons. The van der Waals surface area contributed by atoms with Gasteiger partial charge in [-0.3, -0.25) is 4.99 Å². The van der Waals surface area contributed by atoms with Crippen molar-refractivity contribution in [2.45, 2.75) is 58.8 Å². The average molecular weight is 520 g/mol. The van der Waals surface area contributed by atoms with E-state index in [0.717, 1.165) is 44.0 Å². The highest BCUT2D eigenvalue weighted by Crippen LogP contribution is 2.27. The van der Waals surface area contributed by atoms with Crippen LogP contribution < -0.4 is 10.6 Å². The van der Waals surface area contributed by atoms with E-state index in [-0.39, 0.29) is 24.0 Å². The zero-order valence-corrected chi connectivity index (χ0v) is 20.4. The molecule has 0 atom stereocenters. The lowest BCUT2D eigenvalue weighted by Gasteiger charge is -2.10. The second-order valence-electron chi connectivity index (χ2n) is 6.71. The predicted octanol–water partition coefficient (Wildman–Crippen LogP) is 4.05. The lowest BCUT2D eigenvalue weighted by molar-refractivity contribution is 0.678. The number of nitrogens with zero attached hydrogens (tertiary/aromatic N) is 3. The highest BCUT2D eigenvalue weighted by molar-refractivity contribution is 14.0. The summed E-state index contributed by atoms with van der Waals surface area (Å²) in [6.45, 7) is 5.97. The first kappa shape index (κ1) is 22.5. The Bertz CT molecular complexity index is 710. The third kappa shape index (κ3) is 6.67. The molecule has 0 fully saturated rings. The van der Waals surface area contributed by atoms with E-state index in [4.69, 9.17) is 4.98 Å². The molecule has 5 nitrogen and oxygen atoms in total. The normalized spacial score (nSPS) is 13.8. The fourth-order valence-corrected chi connectivity index (χ4v) is 5.25. The Morgan fingerprint density at radius 1 is 1.00 bits per heavy atom. The van der Waals surface area contributed by atoms with E-state index in [1.54, 1.807) is 11.3 Å². The first-order chi connectivity index (χ1) is 12.7. The molecule has 1 aliphatic rings. The van der Waals surface area contributed by atoms with Gasteiger partial charge in [0.25, 0.3) is 0 Å². The highest BCUT2D eigenvalue weighted by atomic mass is 127. The minimum atomic E-state index is 0. The van der Waals surface area contributed by atoms with Gasteiger partial charge in [0.2, 0.25) is 0 Å². The number of guanidine groups is 1. The fraction of sp³-hybridized carbons (Fsp3) is 0.632. The number of thiazole rings is 2. The van der Waals surface area contributed by atoms with Crippen molar-refractivity contribution >= 4 is 52.6 Å². The highest BCUT2D eigenvalue weighted by Gasteiger charge is 2.14. The molecule has 2 heterocycles. The Labute approximate surface area is 187 Å². The smallest absolute Gasteiger partial charge is 0.190 e. The molecule has 0 aliphatic heterocycles. The number of hydrogen-bond donors (Lipinski definition) is 2. The second kappa shape index (κ2) is 11.3. The summed E-state index contributed by atoms with van der Waals surface area (Å²) in [5.41, 5.74) is 2.52. The lowest BCUT2D eigenvalue weighted by atomic mass is 10.0. The molecule has 1 aliphatic carbocycles. The third-order valence-electron chi connectivity index (χ3n) is 4.68. The maximum Gasteiger partial charge on any atom is 0.190 e. The Morgan fingerprint density at radius 3 is 2.44 bits per heavy atom. The van der Waals surface area contributed by atoms with Crippen LogP contribution in [0.1, 0.15) is 50.4 Å². The molecular weight excluding hydrogens is 489 g/mol. The van der Waals surface area contributed by atoms with Crippen LogP contribution in [0.3, 0.4) is 0 Å². The standard InChI is InChI=1S/C19H29N5S2.HI/c1-13-14(2)25-18(23-13)10-12-22-19(20-3)21-11-6-9-17-24-15-7-4-5-8-16(15)26-17;/h4-12H2,1-3H3,(H2,20,21,22);1H. The van der Waals surface area contributed by atoms with Gasteiger partial charge in [0.05, 0.1) is 21.4 Å². The summed E-state index contributed by atoms with van der Waals surface area (Å²) in [7, 11) is 1.82. The van der Waals surface area contributed by atoms with Crippen LogP contribution in [0, 0.1) is 13.8 Å². The van der Waals surface area contributed by atoms with Crippen LogP contribution in [0.25, 0.3) is 0 Å². The van der Waals surface area contributed by atoms with Gasteiger partial charge in [0.15, 0.2) is 5.96 Å². The van der Waals surface area contributed by atoms with Gasteiger partial charge in [0, 0.05) is 42.7 Å². The molecule has 2 N–H and O–H groups in total. The van der Waals surface area contributed by atoms with Crippen molar-refractivity contribution < 1.29 is 0 Å². The number of rotatable bonds is 7. The number of aromatic nitrogens is 2. The predicted molar refractivity (Wildman–Crippen MR) is 127 cm³/mol. The minimum Gasteiger partial charge on any atom is -0.356 e. The van der Waals surface area contributed by atoms with Crippen molar-refractivity contribution in [2.75, 3.05) is 20.1 Å². The number of halogens is 1. The first-order valence-electron chi connectivity index (χ1n) is 9.50. The Balaban J connectivity index is 0.00000261. The largest absolute Gasteiger partial charge is 0.356 e. The zero-order valence-electron chi connectivity index (χ0n) is 16.4. The summed E-state index contributed by atoms with van der Waals surface area (Å²) in [5.74, 6) is 0.869. The van der Waals surface area contributed by atoms with Gasteiger partial charge in [-0.05, 0) is 46.0 Å². The molecule has 0 bridgehead atoms. The Morgan fingerprint density at radius 2 is 1.74 bits per heavy atom. The van der Waals surface area contributed by atoms with E-state index in [9.17, 15) is 0 Å². The number of fused-ring (bicyclic) bond motifs is 1. The molecule has 0 saturated carbocycles. The molecule has 8 heteroatoms. The van der Waals surface area contributed by atoms with Gasteiger partial charge in [-0.2, -0.15) is 0 Å². The molecule has 0 amide bonds. The van der Waals surface area contributed by atoms with Gasteiger partial charge in [-0.1, -0.05) is 0 Å². The van der Waals surface area contributed by atoms with Crippen molar-refractivity contribution in [3.63, 3.8) is 0 Å². The van der Waals surface area contributed by atoms with E-state index in [0.29, 0.717) is 0 Å². The number of hydrogen-bond acceptors (Lipinski definition) is 5. The average Bonchev–Trinajstić information content (AvgIpc) is 3.19. The topological polar surface area (TPSA) is 62.2 Å². The zero-order chi connectivity index (χ0) is 18.4. The van der Waals surface area contributed by atoms with Gasteiger partial charge < -0.3 is 10.6 Å². The lowest BCUT2D eigenvalue weighted by Crippen LogP contribution is -2.38. The van der Waals surface area contributed by atoms with Crippen molar-refractivity contribution in [1.82, 2.24) is 20.6 Å². The van der Waals surface area contributed by atoms with Gasteiger partial charge in [-0.15, -0.1) is 46.7 Å². The van der Waals surface area contributed by atoms with Gasteiger partial charge >= 0.3 is 0 Å². The van der Waals surface area contributed by atoms with E-state index < -0.39 is 0 Å². The summed E-state index contributed by atoms with van der Waals surface area (Å²) in [5, 5.41) is 9.27. The molecule has 0 radical (unpaired) electrons. The summed E-state index contributed by atoms with van der Waals surface area (Å²) in [4.78, 5) is 16.5. The van der Waals surface area contributed by atoms with Crippen molar-refractivity contribution in [3.8, 4) is 0 Å². The van der Waals surface area contributed by atoms with Crippen molar-refractivity contribution in [2.24, 2.45) is 4.99 Å². The summed E-state index contributed by atoms with van der Waals surface area (Å²) in [6, 6.07) is 0. The first-order valence-corrected chi connectivity index (χ1v) is 11.1. The molecule has 0 aromatic carbocycles. The van der Waals surface area contributed by atoms with Crippen molar-refractivity contribution in [3.05, 3.63) is 31.2 Å².